The van der Waals surface area contributed by atoms with Gasteiger partial charge in [0.05, 0.1) is 0 Å². The highest BCUT2D eigenvalue weighted by molar-refractivity contribution is 5.85. The minimum absolute atomic E-state index is 0.0439. The number of carbonyl (C=O) groups is 1. The van der Waals surface area contributed by atoms with Gasteiger partial charge in [-0.15, -0.1) is 0 Å². The molecule has 0 unspecified atom stereocenters. The maximum absolute atomic E-state index is 13.0. The predicted molar refractivity (Wildman–Crippen MR) is 44.7 cm³/mol. The van der Waals surface area contributed by atoms with E-state index in [4.69, 9.17) is 10.2 Å². The van der Waals surface area contributed by atoms with Crippen molar-refractivity contribution in [1.29, 1.82) is 0 Å². The van der Waals surface area contributed by atoms with Crippen molar-refractivity contribution in [2.24, 2.45) is 0 Å². The molecule has 0 heterocycles. The maximum Gasteiger partial charge on any atom is 0.328 e. The first kappa shape index (κ1) is 9.25. The van der Waals surface area contributed by atoms with E-state index in [1.807, 2.05) is 0 Å². The minimum atomic E-state index is -1.16. The molecule has 0 amide bonds. The lowest BCUT2D eigenvalue weighted by atomic mass is 10.2. The highest BCUT2D eigenvalue weighted by Crippen LogP contribution is 2.19. The van der Waals surface area contributed by atoms with Crippen molar-refractivity contribution in [3.63, 3.8) is 0 Å². The molecule has 0 aromatic heterocycles. The molecule has 0 saturated heterocycles. The number of carboxylic acid groups (broad SMARTS) is 1. The molecule has 0 aliphatic rings. The summed E-state index contributed by atoms with van der Waals surface area (Å²) in [6.07, 6.45) is 1.88. The standard InChI is InChI=1S/C9H7FO3/c10-9-6(4-5-8(12)13)2-1-3-7(9)11/h1-5,11H,(H,12,13)/b5-4+. The first-order chi connectivity index (χ1) is 6.11. The van der Waals surface area contributed by atoms with Gasteiger partial charge in [-0.2, -0.15) is 0 Å². The van der Waals surface area contributed by atoms with Crippen LogP contribution in [0.3, 0.4) is 0 Å². The van der Waals surface area contributed by atoms with Crippen LogP contribution in [0.2, 0.25) is 0 Å². The molecule has 4 heteroatoms. The summed E-state index contributed by atoms with van der Waals surface area (Å²) >= 11 is 0. The van der Waals surface area contributed by atoms with Crippen LogP contribution >= 0.6 is 0 Å². The van der Waals surface area contributed by atoms with Crippen molar-refractivity contribution in [1.82, 2.24) is 0 Å². The molecule has 1 aromatic rings. The van der Waals surface area contributed by atoms with Gasteiger partial charge in [-0.05, 0) is 12.1 Å². The van der Waals surface area contributed by atoms with Crippen molar-refractivity contribution in [2.75, 3.05) is 0 Å². The summed E-state index contributed by atoms with van der Waals surface area (Å²) in [7, 11) is 0. The molecule has 3 nitrogen and oxygen atoms in total. The smallest absolute Gasteiger partial charge is 0.328 e. The van der Waals surface area contributed by atoms with Crippen LogP contribution in [-0.2, 0) is 4.79 Å². The molecule has 0 fully saturated rings. The average Bonchev–Trinajstić information content (AvgIpc) is 2.07. The summed E-state index contributed by atoms with van der Waals surface area (Å²) in [5.41, 5.74) is 0.0439. The van der Waals surface area contributed by atoms with E-state index in [-0.39, 0.29) is 5.56 Å². The van der Waals surface area contributed by atoms with Gasteiger partial charge in [-0.1, -0.05) is 12.1 Å². The van der Waals surface area contributed by atoms with Gasteiger partial charge in [0.25, 0.3) is 0 Å². The number of rotatable bonds is 2. The van der Waals surface area contributed by atoms with Gasteiger partial charge in [0, 0.05) is 11.6 Å². The average molecular weight is 182 g/mol. The second kappa shape index (κ2) is 3.71. The summed E-state index contributed by atoms with van der Waals surface area (Å²) in [4.78, 5) is 10.1. The number of hydrogen-bond donors (Lipinski definition) is 2. The third-order valence-electron chi connectivity index (χ3n) is 1.41. The molecule has 1 aromatic carbocycles. The third-order valence-corrected chi connectivity index (χ3v) is 1.41. The van der Waals surface area contributed by atoms with Crippen LogP contribution in [0.5, 0.6) is 5.75 Å². The zero-order chi connectivity index (χ0) is 9.84. The largest absolute Gasteiger partial charge is 0.505 e. The first-order valence-corrected chi connectivity index (χ1v) is 3.50. The third kappa shape index (κ3) is 2.30. The molecule has 0 saturated carbocycles. The number of carboxylic acids is 1. The number of phenols is 1. The molecule has 0 atom stereocenters. The van der Waals surface area contributed by atoms with Crippen LogP contribution in [-0.4, -0.2) is 16.2 Å². The Hall–Kier alpha value is -1.84. The molecule has 13 heavy (non-hydrogen) atoms. The molecule has 0 radical (unpaired) electrons. The Bertz CT molecular complexity index is 358. The predicted octanol–water partition coefficient (Wildman–Crippen LogP) is 1.63. The van der Waals surface area contributed by atoms with Gasteiger partial charge in [-0.3, -0.25) is 0 Å². The Kier molecular flexibility index (Phi) is 2.64. The Balaban J connectivity index is 3.02. The van der Waals surface area contributed by atoms with E-state index >= 15 is 0 Å². The maximum atomic E-state index is 13.0. The monoisotopic (exact) mass is 182 g/mol. The van der Waals surface area contributed by atoms with E-state index in [2.05, 4.69) is 0 Å². The highest BCUT2D eigenvalue weighted by atomic mass is 19.1. The zero-order valence-corrected chi connectivity index (χ0v) is 6.57. The van der Waals surface area contributed by atoms with Crippen molar-refractivity contribution in [3.8, 4) is 5.75 Å². The molecule has 0 aliphatic heterocycles. The molecule has 68 valence electrons. The van der Waals surface area contributed by atoms with Crippen molar-refractivity contribution < 1.29 is 19.4 Å². The second-order valence-electron chi connectivity index (χ2n) is 2.35. The Morgan fingerprint density at radius 2 is 2.15 bits per heavy atom. The number of halogens is 1. The van der Waals surface area contributed by atoms with Crippen molar-refractivity contribution in [2.45, 2.75) is 0 Å². The normalized spacial score (nSPS) is 10.5. The van der Waals surface area contributed by atoms with Gasteiger partial charge < -0.3 is 10.2 Å². The fourth-order valence-corrected chi connectivity index (χ4v) is 0.827. The lowest BCUT2D eigenvalue weighted by Gasteiger charge is -1.97. The van der Waals surface area contributed by atoms with Crippen LogP contribution in [0, 0.1) is 5.82 Å². The van der Waals surface area contributed by atoms with E-state index in [0.29, 0.717) is 0 Å². The topological polar surface area (TPSA) is 57.5 Å². The van der Waals surface area contributed by atoms with Gasteiger partial charge in [0.1, 0.15) is 0 Å². The summed E-state index contributed by atoms with van der Waals surface area (Å²) < 4.78 is 13.0. The summed E-state index contributed by atoms with van der Waals surface area (Å²) in [6, 6.07) is 3.99. The fourth-order valence-electron chi connectivity index (χ4n) is 0.827. The highest BCUT2D eigenvalue weighted by Gasteiger charge is 2.03. The number of phenolic OH excluding ortho intramolecular Hbond substituents is 1. The van der Waals surface area contributed by atoms with E-state index in [1.165, 1.54) is 18.2 Å². The van der Waals surface area contributed by atoms with Gasteiger partial charge in [0.2, 0.25) is 0 Å². The van der Waals surface area contributed by atoms with Crippen molar-refractivity contribution in [3.05, 3.63) is 35.7 Å². The second-order valence-corrected chi connectivity index (χ2v) is 2.35. The van der Waals surface area contributed by atoms with Gasteiger partial charge in [0.15, 0.2) is 11.6 Å². The van der Waals surface area contributed by atoms with Crippen LogP contribution < -0.4 is 0 Å². The summed E-state index contributed by atoms with van der Waals surface area (Å²) in [6.45, 7) is 0. The number of aromatic hydroxyl groups is 1. The SMILES string of the molecule is O=C(O)/C=C/c1cccc(O)c1F. The van der Waals surface area contributed by atoms with Crippen LogP contribution in [0.1, 0.15) is 5.56 Å². The molecular formula is C9H7FO3. The van der Waals surface area contributed by atoms with Gasteiger partial charge in [-0.25, -0.2) is 9.18 Å². The van der Waals surface area contributed by atoms with Crippen LogP contribution in [0.15, 0.2) is 24.3 Å². The zero-order valence-electron chi connectivity index (χ0n) is 6.57. The number of aliphatic carboxylic acids is 1. The van der Waals surface area contributed by atoms with E-state index in [9.17, 15) is 9.18 Å². The summed E-state index contributed by atoms with van der Waals surface area (Å²) in [5, 5.41) is 17.2. The van der Waals surface area contributed by atoms with E-state index in [1.54, 1.807) is 0 Å². The quantitative estimate of drug-likeness (QED) is 0.683. The summed E-state index contributed by atoms with van der Waals surface area (Å²) in [5.74, 6) is -2.48. The molecular weight excluding hydrogens is 175 g/mol. The lowest BCUT2D eigenvalue weighted by molar-refractivity contribution is -0.131. The van der Waals surface area contributed by atoms with E-state index in [0.717, 1.165) is 12.2 Å². The molecule has 0 spiro atoms. The molecule has 0 bridgehead atoms. The van der Waals surface area contributed by atoms with Gasteiger partial charge >= 0.3 is 5.97 Å². The van der Waals surface area contributed by atoms with Crippen LogP contribution in [0.25, 0.3) is 6.08 Å². The number of hydrogen-bond acceptors (Lipinski definition) is 2. The first-order valence-electron chi connectivity index (χ1n) is 3.50. The Morgan fingerprint density at radius 1 is 1.46 bits per heavy atom. The molecule has 2 N–H and O–H groups in total. The molecule has 1 rings (SSSR count). The fraction of sp³-hybridized carbons (Fsp3) is 0. The lowest BCUT2D eigenvalue weighted by Crippen LogP contribution is -1.87. The number of benzene rings is 1. The minimum Gasteiger partial charge on any atom is -0.505 e. The molecule has 0 aliphatic carbocycles. The van der Waals surface area contributed by atoms with Crippen LogP contribution in [0.4, 0.5) is 4.39 Å². The van der Waals surface area contributed by atoms with Crippen molar-refractivity contribution >= 4 is 12.0 Å². The Morgan fingerprint density at radius 3 is 2.77 bits per heavy atom. The van der Waals surface area contributed by atoms with E-state index < -0.39 is 17.5 Å². The Labute approximate surface area is 73.8 Å².